The largest absolute Gasteiger partial charge is 0.469 e. The second-order valence-corrected chi connectivity index (χ2v) is 4.61. The second kappa shape index (κ2) is 8.08. The fourth-order valence-corrected chi connectivity index (χ4v) is 1.52. The molecule has 0 aliphatic heterocycles. The number of halogens is 3. The van der Waals surface area contributed by atoms with E-state index in [-0.39, 0.29) is 18.9 Å². The summed E-state index contributed by atoms with van der Waals surface area (Å²) >= 11 is 0. The lowest BCUT2D eigenvalue weighted by Crippen LogP contribution is -2.50. The third-order valence-electron chi connectivity index (χ3n) is 3.04. The minimum atomic E-state index is -4.54. The van der Waals surface area contributed by atoms with Crippen LogP contribution < -0.4 is 5.73 Å². The van der Waals surface area contributed by atoms with Crippen LogP contribution in [0.25, 0.3) is 0 Å². The van der Waals surface area contributed by atoms with Crippen molar-refractivity contribution in [2.75, 3.05) is 20.2 Å². The average molecular weight is 298 g/mol. The summed E-state index contributed by atoms with van der Waals surface area (Å²) in [6, 6.07) is -1.01. The Morgan fingerprint density at radius 1 is 1.35 bits per heavy atom. The zero-order chi connectivity index (χ0) is 15.9. The Hall–Kier alpha value is -1.31. The lowest BCUT2D eigenvalue weighted by molar-refractivity contribution is -0.164. The molecule has 0 fully saturated rings. The van der Waals surface area contributed by atoms with E-state index in [1.807, 2.05) is 0 Å². The molecule has 8 heteroatoms. The molecule has 0 heterocycles. The molecule has 5 nitrogen and oxygen atoms in total. The van der Waals surface area contributed by atoms with Crippen LogP contribution in [-0.2, 0) is 14.3 Å². The van der Waals surface area contributed by atoms with Gasteiger partial charge in [0, 0.05) is 6.54 Å². The summed E-state index contributed by atoms with van der Waals surface area (Å²) in [6.45, 7) is 1.69. The van der Waals surface area contributed by atoms with Crippen molar-refractivity contribution in [3.63, 3.8) is 0 Å². The van der Waals surface area contributed by atoms with Gasteiger partial charge < -0.3 is 15.4 Å². The van der Waals surface area contributed by atoms with E-state index >= 15 is 0 Å². The quantitative estimate of drug-likeness (QED) is 0.719. The van der Waals surface area contributed by atoms with Crippen LogP contribution in [0.1, 0.15) is 26.7 Å². The van der Waals surface area contributed by atoms with Gasteiger partial charge in [-0.15, -0.1) is 0 Å². The number of nitrogens with zero attached hydrogens (tertiary/aromatic N) is 1. The molecule has 0 rings (SSSR count). The number of esters is 1. The summed E-state index contributed by atoms with van der Waals surface area (Å²) in [6.07, 6.45) is -4.27. The van der Waals surface area contributed by atoms with Gasteiger partial charge in [-0.1, -0.05) is 20.3 Å². The molecule has 0 saturated heterocycles. The zero-order valence-electron chi connectivity index (χ0n) is 11.9. The van der Waals surface area contributed by atoms with Gasteiger partial charge in [0.1, 0.15) is 6.54 Å². The number of alkyl halides is 3. The van der Waals surface area contributed by atoms with Gasteiger partial charge in [-0.05, 0) is 5.92 Å². The second-order valence-electron chi connectivity index (χ2n) is 4.61. The third-order valence-corrected chi connectivity index (χ3v) is 3.04. The van der Waals surface area contributed by atoms with Gasteiger partial charge in [-0.3, -0.25) is 9.59 Å². The van der Waals surface area contributed by atoms with E-state index in [1.54, 1.807) is 13.8 Å². The molecule has 0 aliphatic rings. The number of amides is 1. The molecule has 0 aromatic rings. The fourth-order valence-electron chi connectivity index (χ4n) is 1.52. The smallest absolute Gasteiger partial charge is 0.406 e. The van der Waals surface area contributed by atoms with E-state index in [0.717, 1.165) is 7.11 Å². The normalized spacial score (nSPS) is 14.6. The maximum atomic E-state index is 12.5. The Balaban J connectivity index is 4.82. The van der Waals surface area contributed by atoms with Crippen molar-refractivity contribution < 1.29 is 27.5 Å². The number of rotatable bonds is 7. The number of carbonyl (C=O) groups is 2. The fraction of sp³-hybridized carbons (Fsp3) is 0.833. The first-order valence-electron chi connectivity index (χ1n) is 6.30. The van der Waals surface area contributed by atoms with Crippen LogP contribution in [0.5, 0.6) is 0 Å². The highest BCUT2D eigenvalue weighted by atomic mass is 19.4. The maximum absolute atomic E-state index is 12.5. The first-order valence-corrected chi connectivity index (χ1v) is 6.30. The van der Waals surface area contributed by atoms with Crippen molar-refractivity contribution in [2.24, 2.45) is 11.7 Å². The molecule has 0 aliphatic carbocycles. The highest BCUT2D eigenvalue weighted by molar-refractivity contribution is 5.82. The molecule has 1 unspecified atom stereocenters. The van der Waals surface area contributed by atoms with Crippen molar-refractivity contribution in [3.8, 4) is 0 Å². The summed E-state index contributed by atoms with van der Waals surface area (Å²) in [7, 11) is 1.13. The first-order chi connectivity index (χ1) is 9.12. The standard InChI is InChI=1S/C12H21F3N2O3/c1-4-8(2)10(16)11(19)17(7-12(13,14)15)6-5-9(18)20-3/h8,10H,4-7,16H2,1-3H3/t8?,10-/m0/s1. The Bertz CT molecular complexity index is 334. The topological polar surface area (TPSA) is 72.6 Å². The third kappa shape index (κ3) is 6.74. The Morgan fingerprint density at radius 3 is 2.30 bits per heavy atom. The maximum Gasteiger partial charge on any atom is 0.406 e. The molecule has 2 atom stereocenters. The first kappa shape index (κ1) is 18.7. The van der Waals surface area contributed by atoms with Crippen molar-refractivity contribution in [1.29, 1.82) is 0 Å². The molecule has 0 aromatic heterocycles. The number of hydrogen-bond donors (Lipinski definition) is 1. The zero-order valence-corrected chi connectivity index (χ0v) is 11.9. The predicted octanol–water partition coefficient (Wildman–Crippen LogP) is 1.31. The van der Waals surface area contributed by atoms with Gasteiger partial charge in [0.05, 0.1) is 19.6 Å². The van der Waals surface area contributed by atoms with E-state index in [2.05, 4.69) is 4.74 Å². The Morgan fingerprint density at radius 2 is 1.90 bits per heavy atom. The van der Waals surface area contributed by atoms with E-state index in [0.29, 0.717) is 11.3 Å². The van der Waals surface area contributed by atoms with Crippen LogP contribution >= 0.6 is 0 Å². The Labute approximate surface area is 116 Å². The SMILES string of the molecule is CCC(C)[C@H](N)C(=O)N(CCC(=O)OC)CC(F)(F)F. The lowest BCUT2D eigenvalue weighted by Gasteiger charge is -2.28. The summed E-state index contributed by atoms with van der Waals surface area (Å²) in [5.41, 5.74) is 5.66. The van der Waals surface area contributed by atoms with Crippen LogP contribution in [0, 0.1) is 5.92 Å². The molecular formula is C12H21F3N2O3. The molecule has 2 N–H and O–H groups in total. The monoisotopic (exact) mass is 298 g/mol. The number of ether oxygens (including phenoxy) is 1. The predicted molar refractivity (Wildman–Crippen MR) is 66.7 cm³/mol. The van der Waals surface area contributed by atoms with Crippen LogP contribution in [0.4, 0.5) is 13.2 Å². The van der Waals surface area contributed by atoms with Crippen molar-refractivity contribution in [3.05, 3.63) is 0 Å². The molecule has 118 valence electrons. The molecule has 1 amide bonds. The average Bonchev–Trinajstić information content (AvgIpc) is 2.38. The highest BCUT2D eigenvalue weighted by Crippen LogP contribution is 2.18. The molecule has 20 heavy (non-hydrogen) atoms. The summed E-state index contributed by atoms with van der Waals surface area (Å²) in [5, 5.41) is 0. The van der Waals surface area contributed by atoms with Gasteiger partial charge in [0.2, 0.25) is 5.91 Å². The van der Waals surface area contributed by atoms with Gasteiger partial charge >= 0.3 is 12.1 Å². The molecular weight excluding hydrogens is 277 g/mol. The van der Waals surface area contributed by atoms with E-state index in [1.165, 1.54) is 0 Å². The van der Waals surface area contributed by atoms with Gasteiger partial charge in [0.15, 0.2) is 0 Å². The van der Waals surface area contributed by atoms with Crippen molar-refractivity contribution >= 4 is 11.9 Å². The summed E-state index contributed by atoms with van der Waals surface area (Å²) < 4.78 is 41.8. The van der Waals surface area contributed by atoms with E-state index in [4.69, 9.17) is 5.73 Å². The van der Waals surface area contributed by atoms with Gasteiger partial charge in [0.25, 0.3) is 0 Å². The van der Waals surface area contributed by atoms with Crippen LogP contribution in [0.2, 0.25) is 0 Å². The molecule has 0 aromatic carbocycles. The Kier molecular flexibility index (Phi) is 7.55. The summed E-state index contributed by atoms with van der Waals surface area (Å²) in [5.74, 6) is -1.72. The molecule has 0 bridgehead atoms. The summed E-state index contributed by atoms with van der Waals surface area (Å²) in [4.78, 5) is 23.5. The van der Waals surface area contributed by atoms with Gasteiger partial charge in [-0.2, -0.15) is 13.2 Å². The lowest BCUT2D eigenvalue weighted by atomic mass is 9.99. The number of hydrogen-bond acceptors (Lipinski definition) is 4. The van der Waals surface area contributed by atoms with E-state index in [9.17, 15) is 22.8 Å². The molecule has 0 spiro atoms. The minimum Gasteiger partial charge on any atom is -0.469 e. The van der Waals surface area contributed by atoms with Crippen LogP contribution in [0.3, 0.4) is 0 Å². The van der Waals surface area contributed by atoms with E-state index < -0.39 is 30.6 Å². The minimum absolute atomic E-state index is 0.239. The molecule has 0 radical (unpaired) electrons. The van der Waals surface area contributed by atoms with Gasteiger partial charge in [-0.25, -0.2) is 0 Å². The van der Waals surface area contributed by atoms with Crippen LogP contribution in [0.15, 0.2) is 0 Å². The van der Waals surface area contributed by atoms with Crippen molar-refractivity contribution in [1.82, 2.24) is 4.90 Å². The number of carbonyl (C=O) groups excluding carboxylic acids is 2. The van der Waals surface area contributed by atoms with Crippen molar-refractivity contribution in [2.45, 2.75) is 38.9 Å². The number of nitrogens with two attached hydrogens (primary N) is 1. The highest BCUT2D eigenvalue weighted by Gasteiger charge is 2.35. The number of methoxy groups -OCH3 is 1. The molecule has 0 saturated carbocycles. The van der Waals surface area contributed by atoms with Crippen LogP contribution in [-0.4, -0.2) is 49.2 Å².